The molecule has 1 spiro atoms. The molecule has 15 nitrogen and oxygen atoms in total. The van der Waals surface area contributed by atoms with Crippen LogP contribution in [0.2, 0.25) is 0 Å². The van der Waals surface area contributed by atoms with Crippen molar-refractivity contribution >= 4 is 46.9 Å². The minimum absolute atomic E-state index is 0.161. The lowest BCUT2D eigenvalue weighted by Gasteiger charge is -2.37. The van der Waals surface area contributed by atoms with E-state index in [2.05, 4.69) is 26.6 Å². The van der Waals surface area contributed by atoms with Crippen LogP contribution in [-0.4, -0.2) is 66.7 Å². The first-order chi connectivity index (χ1) is 29.4. The molecule has 0 fully saturated rings. The molecule has 5 aromatic rings. The van der Waals surface area contributed by atoms with E-state index in [1.807, 2.05) is 74.5 Å². The van der Waals surface area contributed by atoms with Crippen LogP contribution in [0.25, 0.3) is 0 Å². The van der Waals surface area contributed by atoms with Crippen molar-refractivity contribution < 1.29 is 38.2 Å². The summed E-state index contributed by atoms with van der Waals surface area (Å²) in [5.74, 6) is -2.68. The number of carbonyl (C=O) groups is 6. The molecule has 0 aliphatic carbocycles. The Morgan fingerprint density at radius 3 is 1.56 bits per heavy atom. The zero-order valence-corrected chi connectivity index (χ0v) is 33.5. The van der Waals surface area contributed by atoms with Gasteiger partial charge in [0.15, 0.2) is 5.60 Å². The van der Waals surface area contributed by atoms with Crippen molar-refractivity contribution in [2.75, 3.05) is 23.7 Å². The zero-order valence-electron chi connectivity index (χ0n) is 33.5. The van der Waals surface area contributed by atoms with Gasteiger partial charge in [-0.25, -0.2) is 4.79 Å². The highest BCUT2D eigenvalue weighted by molar-refractivity contribution is 6.02. The normalized spacial score (nSPS) is 15.5. The van der Waals surface area contributed by atoms with Gasteiger partial charge in [0.25, 0.3) is 5.91 Å². The molecule has 5 amide bonds. The zero-order chi connectivity index (χ0) is 43.3. The molecule has 0 saturated carbocycles. The van der Waals surface area contributed by atoms with Gasteiger partial charge in [0, 0.05) is 64.6 Å². The third-order valence-electron chi connectivity index (χ3n) is 10.3. The van der Waals surface area contributed by atoms with Crippen LogP contribution >= 0.6 is 0 Å². The van der Waals surface area contributed by atoms with Crippen molar-refractivity contribution in [2.24, 2.45) is 11.5 Å². The molecule has 5 aromatic carbocycles. The van der Waals surface area contributed by atoms with Gasteiger partial charge in [0.2, 0.25) is 23.6 Å². The van der Waals surface area contributed by atoms with Crippen molar-refractivity contribution in [3.8, 4) is 11.5 Å². The number of ether oxygens (including phenoxy) is 2. The van der Waals surface area contributed by atoms with Crippen molar-refractivity contribution in [1.29, 1.82) is 0 Å². The summed E-state index contributed by atoms with van der Waals surface area (Å²) in [6.07, 6.45) is 0.374. The van der Waals surface area contributed by atoms with E-state index in [9.17, 15) is 28.8 Å². The highest BCUT2D eigenvalue weighted by atomic mass is 16.6. The molecule has 0 radical (unpaired) electrons. The van der Waals surface area contributed by atoms with E-state index in [0.717, 1.165) is 11.1 Å². The summed E-state index contributed by atoms with van der Waals surface area (Å²) in [6, 6.07) is 30.7. The molecular weight excluding hydrogens is 779 g/mol. The lowest BCUT2D eigenvalue weighted by atomic mass is 9.77. The van der Waals surface area contributed by atoms with Crippen LogP contribution < -0.4 is 42.8 Å². The van der Waals surface area contributed by atoms with Crippen molar-refractivity contribution in [3.05, 3.63) is 154 Å². The number of fused-ring (bicyclic) bond motifs is 6. The fraction of sp³-hybridized carbons (Fsp3) is 0.217. The van der Waals surface area contributed by atoms with Crippen LogP contribution in [0.5, 0.6) is 11.5 Å². The van der Waals surface area contributed by atoms with Gasteiger partial charge in [-0.2, -0.15) is 0 Å². The number of anilines is 2. The SMILES string of the molecule is CC(C)NC(=O)c1ccc2c(c1)C1(OC2=O)c2ccc(NC(=O)C(Cc3ccccc3)NC(=O)CN)cc2Oc2cc(NC(=O)C(Cc3ccccc3)NC(=O)CN)ccc21. The summed E-state index contributed by atoms with van der Waals surface area (Å²) < 4.78 is 12.9. The van der Waals surface area contributed by atoms with Crippen LogP contribution in [-0.2, 0) is 42.4 Å². The van der Waals surface area contributed by atoms with Crippen LogP contribution in [0.4, 0.5) is 11.4 Å². The Balaban J connectivity index is 1.28. The smallest absolute Gasteiger partial charge is 0.340 e. The van der Waals surface area contributed by atoms with Crippen LogP contribution in [0.3, 0.4) is 0 Å². The summed E-state index contributed by atoms with van der Waals surface area (Å²) in [6.45, 7) is 3.05. The van der Waals surface area contributed by atoms with Crippen molar-refractivity contribution in [2.45, 2.75) is 50.4 Å². The number of nitrogens with one attached hydrogen (secondary N) is 5. The highest BCUT2D eigenvalue weighted by Gasteiger charge is 2.54. The third-order valence-corrected chi connectivity index (χ3v) is 10.3. The summed E-state index contributed by atoms with van der Waals surface area (Å²) in [5.41, 5.74) is 13.4. The minimum Gasteiger partial charge on any atom is -0.456 e. The molecule has 61 heavy (non-hydrogen) atoms. The maximum absolute atomic E-state index is 13.8. The van der Waals surface area contributed by atoms with Crippen molar-refractivity contribution in [1.82, 2.24) is 16.0 Å². The second-order valence-electron chi connectivity index (χ2n) is 15.0. The quantitative estimate of drug-likeness (QED) is 0.0804. The maximum Gasteiger partial charge on any atom is 0.340 e. The second-order valence-corrected chi connectivity index (χ2v) is 15.0. The molecule has 7 rings (SSSR count). The van der Waals surface area contributed by atoms with E-state index >= 15 is 0 Å². The lowest BCUT2D eigenvalue weighted by Crippen LogP contribution is -2.47. The van der Waals surface area contributed by atoms with Gasteiger partial charge in [-0.3, -0.25) is 24.0 Å². The van der Waals surface area contributed by atoms with E-state index in [0.29, 0.717) is 33.6 Å². The molecule has 9 N–H and O–H groups in total. The Morgan fingerprint density at radius 2 is 1.10 bits per heavy atom. The number of benzene rings is 5. The van der Waals surface area contributed by atoms with Crippen LogP contribution in [0.1, 0.15) is 62.4 Å². The number of amides is 5. The van der Waals surface area contributed by atoms with E-state index in [1.54, 1.807) is 54.6 Å². The molecule has 15 heteroatoms. The van der Waals surface area contributed by atoms with E-state index in [4.69, 9.17) is 20.9 Å². The Bertz CT molecular complexity index is 2380. The molecule has 0 bridgehead atoms. The van der Waals surface area contributed by atoms with E-state index in [1.165, 1.54) is 0 Å². The van der Waals surface area contributed by atoms with Gasteiger partial charge in [-0.05, 0) is 67.4 Å². The average Bonchev–Trinajstić information content (AvgIpc) is 3.54. The molecular formula is C46H45N7O8. The van der Waals surface area contributed by atoms with E-state index < -0.39 is 47.3 Å². The molecule has 2 unspecified atom stereocenters. The highest BCUT2D eigenvalue weighted by Crippen LogP contribution is 2.57. The summed E-state index contributed by atoms with van der Waals surface area (Å²) in [7, 11) is 0. The second kappa shape index (κ2) is 17.9. The van der Waals surface area contributed by atoms with Gasteiger partial charge in [-0.1, -0.05) is 60.7 Å². The van der Waals surface area contributed by atoms with Gasteiger partial charge < -0.3 is 47.5 Å². The number of hydrogen-bond acceptors (Lipinski definition) is 10. The van der Waals surface area contributed by atoms with E-state index in [-0.39, 0.29) is 54.9 Å². The predicted molar refractivity (Wildman–Crippen MR) is 227 cm³/mol. The van der Waals surface area contributed by atoms with Crippen LogP contribution in [0.15, 0.2) is 115 Å². The summed E-state index contributed by atoms with van der Waals surface area (Å²) in [4.78, 5) is 79.4. The third kappa shape index (κ3) is 8.98. The minimum atomic E-state index is -1.63. The van der Waals surface area contributed by atoms with Gasteiger partial charge in [-0.15, -0.1) is 0 Å². The van der Waals surface area contributed by atoms with Gasteiger partial charge >= 0.3 is 5.97 Å². The average molecular weight is 824 g/mol. The number of carbonyl (C=O) groups excluding carboxylic acids is 6. The molecule has 312 valence electrons. The topological polar surface area (TPSA) is 233 Å². The van der Waals surface area contributed by atoms with Crippen LogP contribution in [0, 0.1) is 0 Å². The van der Waals surface area contributed by atoms with Gasteiger partial charge in [0.05, 0.1) is 18.7 Å². The fourth-order valence-corrected chi connectivity index (χ4v) is 7.45. The Kier molecular flexibility index (Phi) is 12.2. The Hall–Kier alpha value is -7.36. The molecule has 2 atom stereocenters. The maximum atomic E-state index is 13.8. The summed E-state index contributed by atoms with van der Waals surface area (Å²) >= 11 is 0. The fourth-order valence-electron chi connectivity index (χ4n) is 7.45. The molecule has 2 aliphatic rings. The Morgan fingerprint density at radius 1 is 0.607 bits per heavy atom. The first-order valence-corrected chi connectivity index (χ1v) is 19.7. The number of hydrogen-bond donors (Lipinski definition) is 7. The number of nitrogens with two attached hydrogens (primary N) is 2. The molecule has 0 saturated heterocycles. The first kappa shape index (κ1) is 41.8. The molecule has 0 aromatic heterocycles. The van der Waals surface area contributed by atoms with Crippen molar-refractivity contribution in [3.63, 3.8) is 0 Å². The molecule has 2 aliphatic heterocycles. The summed E-state index contributed by atoms with van der Waals surface area (Å²) in [5, 5.41) is 14.0. The monoisotopic (exact) mass is 823 g/mol. The standard InChI is InChI=1S/C46H45N7O8/c1-26(2)49-42(56)29-13-16-32-35(21-29)46(61-45(32)59)33-17-14-30(50-43(57)36(52-40(54)24-47)19-27-9-5-3-6-10-27)22-38(33)60-39-23-31(15-18-34(39)46)51-44(58)37(53-41(55)25-48)20-28-11-7-4-8-12-28/h3-18,21-23,26,36-37H,19-20,24-25,47-48H2,1-2H3,(H,49,56)(H,50,57)(H,51,58)(H,52,54)(H,53,55). The van der Waals surface area contributed by atoms with Gasteiger partial charge in [0.1, 0.15) is 23.6 Å². The number of esters is 1. The first-order valence-electron chi connectivity index (χ1n) is 19.7. The predicted octanol–water partition coefficient (Wildman–Crippen LogP) is 3.64. The Labute approximate surface area is 351 Å². The largest absolute Gasteiger partial charge is 0.456 e. The molecule has 2 heterocycles. The lowest BCUT2D eigenvalue weighted by molar-refractivity contribution is -0.125. The number of rotatable bonds is 14.